The van der Waals surface area contributed by atoms with E-state index in [9.17, 15) is 4.79 Å². The van der Waals surface area contributed by atoms with E-state index in [1.807, 2.05) is 54.3 Å². The molecule has 7 nitrogen and oxygen atoms in total. The van der Waals surface area contributed by atoms with Gasteiger partial charge in [-0.25, -0.2) is 4.98 Å². The summed E-state index contributed by atoms with van der Waals surface area (Å²) in [4.78, 5) is 29.5. The van der Waals surface area contributed by atoms with Crippen LogP contribution in [0.5, 0.6) is 0 Å². The third kappa shape index (κ3) is 5.74. The summed E-state index contributed by atoms with van der Waals surface area (Å²) >= 11 is 6.30. The quantitative estimate of drug-likeness (QED) is 0.421. The van der Waals surface area contributed by atoms with Crippen LogP contribution in [-0.4, -0.2) is 51.5 Å². The first-order chi connectivity index (χ1) is 17.4. The van der Waals surface area contributed by atoms with Gasteiger partial charge in [0, 0.05) is 29.9 Å². The van der Waals surface area contributed by atoms with Gasteiger partial charge in [-0.15, -0.1) is 0 Å². The van der Waals surface area contributed by atoms with Crippen molar-refractivity contribution >= 4 is 28.9 Å². The van der Waals surface area contributed by atoms with E-state index in [0.29, 0.717) is 49.2 Å². The van der Waals surface area contributed by atoms with Crippen LogP contribution in [0.2, 0.25) is 5.02 Å². The Morgan fingerprint density at radius 1 is 1.14 bits per heavy atom. The molecular formula is C28H33ClN6O. The highest BCUT2D eigenvalue weighted by Gasteiger charge is 2.35. The second-order valence-corrected chi connectivity index (χ2v) is 9.77. The molecule has 1 atom stereocenters. The molecule has 4 rings (SSSR count). The van der Waals surface area contributed by atoms with Gasteiger partial charge in [-0.2, -0.15) is 0 Å². The lowest BCUT2D eigenvalue weighted by Crippen LogP contribution is -2.44. The molecule has 1 amide bonds. The van der Waals surface area contributed by atoms with Crippen LogP contribution in [0.4, 0.5) is 0 Å². The normalized spacial score (nSPS) is 14.1. The van der Waals surface area contributed by atoms with Crippen LogP contribution in [0.3, 0.4) is 0 Å². The maximum atomic E-state index is 13.8. The number of rotatable bonds is 10. The van der Waals surface area contributed by atoms with Crippen molar-refractivity contribution in [1.29, 1.82) is 0 Å². The number of hydrogen-bond donors (Lipinski definition) is 1. The number of carbonyl (C=O) groups is 1. The number of nitrogens with zero attached hydrogens (tertiary/aromatic N) is 5. The molecule has 2 N–H and O–H groups in total. The lowest BCUT2D eigenvalue weighted by molar-refractivity contribution is -0.127. The van der Waals surface area contributed by atoms with Gasteiger partial charge in [0.1, 0.15) is 18.2 Å². The van der Waals surface area contributed by atoms with Crippen molar-refractivity contribution in [2.75, 3.05) is 19.8 Å². The van der Waals surface area contributed by atoms with Gasteiger partial charge in [-0.05, 0) is 43.5 Å². The van der Waals surface area contributed by atoms with Gasteiger partial charge in [0.05, 0.1) is 17.4 Å². The monoisotopic (exact) mass is 504 g/mol. The first-order valence-electron chi connectivity index (χ1n) is 12.3. The molecule has 3 aromatic rings. The summed E-state index contributed by atoms with van der Waals surface area (Å²) in [6.45, 7) is 7.99. The fraction of sp³-hybridized carbons (Fsp3) is 0.357. The van der Waals surface area contributed by atoms with Gasteiger partial charge in [0.25, 0.3) is 5.91 Å². The predicted molar refractivity (Wildman–Crippen MR) is 147 cm³/mol. The zero-order valence-corrected chi connectivity index (χ0v) is 21.8. The second kappa shape index (κ2) is 11.6. The molecule has 1 aliphatic heterocycles. The summed E-state index contributed by atoms with van der Waals surface area (Å²) in [7, 11) is 0. The Bertz CT molecular complexity index is 1260. The van der Waals surface area contributed by atoms with Crippen molar-refractivity contribution in [3.05, 3.63) is 77.2 Å². The minimum absolute atomic E-state index is 0.0927. The van der Waals surface area contributed by atoms with Gasteiger partial charge in [0.2, 0.25) is 0 Å². The van der Waals surface area contributed by atoms with Crippen molar-refractivity contribution in [2.45, 2.75) is 39.8 Å². The van der Waals surface area contributed by atoms with E-state index >= 15 is 0 Å². The molecule has 2 heterocycles. The molecule has 188 valence electrons. The molecule has 0 saturated heterocycles. The molecular weight excluding hydrogens is 472 g/mol. The summed E-state index contributed by atoms with van der Waals surface area (Å²) in [5, 5.41) is 0.654. The first kappa shape index (κ1) is 25.8. The SMILES string of the molecule is CC1=NCN=C1C(=O)N(CCCN)[C@@H](c1nc(-c2cccc(Cl)c2)cn1Cc1ccccc1)C(C)C. The van der Waals surface area contributed by atoms with Gasteiger partial charge < -0.3 is 15.2 Å². The van der Waals surface area contributed by atoms with Crippen molar-refractivity contribution in [2.24, 2.45) is 21.6 Å². The number of aromatic nitrogens is 2. The molecule has 0 radical (unpaired) electrons. The average molecular weight is 505 g/mol. The highest BCUT2D eigenvalue weighted by molar-refractivity contribution is 6.67. The molecule has 0 unspecified atom stereocenters. The molecule has 36 heavy (non-hydrogen) atoms. The van der Waals surface area contributed by atoms with Crippen LogP contribution in [0, 0.1) is 5.92 Å². The number of amides is 1. The van der Waals surface area contributed by atoms with Crippen molar-refractivity contribution in [1.82, 2.24) is 14.5 Å². The number of aliphatic imine (C=N–C) groups is 2. The van der Waals surface area contributed by atoms with Crippen LogP contribution in [0.15, 0.2) is 70.8 Å². The highest BCUT2D eigenvalue weighted by atomic mass is 35.5. The maximum absolute atomic E-state index is 13.8. The molecule has 2 aromatic carbocycles. The molecule has 0 fully saturated rings. The summed E-state index contributed by atoms with van der Waals surface area (Å²) < 4.78 is 2.15. The Labute approximate surface area is 217 Å². The summed E-state index contributed by atoms with van der Waals surface area (Å²) in [5.74, 6) is 0.789. The van der Waals surface area contributed by atoms with Gasteiger partial charge >= 0.3 is 0 Å². The topological polar surface area (TPSA) is 88.9 Å². The van der Waals surface area contributed by atoms with E-state index in [1.54, 1.807) is 0 Å². The van der Waals surface area contributed by atoms with Gasteiger partial charge in [-0.1, -0.05) is 67.9 Å². The summed E-state index contributed by atoms with van der Waals surface area (Å²) in [5.41, 5.74) is 9.87. The molecule has 0 spiro atoms. The predicted octanol–water partition coefficient (Wildman–Crippen LogP) is 5.00. The number of imidazole rings is 1. The molecule has 0 bridgehead atoms. The Balaban J connectivity index is 1.82. The van der Waals surface area contributed by atoms with Crippen LogP contribution in [-0.2, 0) is 11.3 Å². The van der Waals surface area contributed by atoms with Gasteiger partial charge in [0.15, 0.2) is 0 Å². The van der Waals surface area contributed by atoms with Crippen LogP contribution in [0.1, 0.15) is 44.6 Å². The van der Waals surface area contributed by atoms with Crippen LogP contribution < -0.4 is 5.73 Å². The van der Waals surface area contributed by atoms with E-state index < -0.39 is 0 Å². The first-order valence-corrected chi connectivity index (χ1v) is 12.7. The molecule has 8 heteroatoms. The fourth-order valence-electron chi connectivity index (χ4n) is 4.55. The van der Waals surface area contributed by atoms with E-state index in [4.69, 9.17) is 22.3 Å². The Kier molecular flexibility index (Phi) is 8.33. The van der Waals surface area contributed by atoms with E-state index in [2.05, 4.69) is 46.7 Å². The largest absolute Gasteiger partial charge is 0.330 e. The molecule has 1 aliphatic rings. The number of benzene rings is 2. The van der Waals surface area contributed by atoms with Crippen LogP contribution in [0.25, 0.3) is 11.3 Å². The van der Waals surface area contributed by atoms with E-state index in [-0.39, 0.29) is 17.9 Å². The van der Waals surface area contributed by atoms with E-state index in [0.717, 1.165) is 22.6 Å². The standard InChI is InChI=1S/C28H33ClN6O/c1-19(2)26(35(14-8-13-30)28(36)25-20(3)31-18-32-25)27-33-24(22-11-7-12-23(29)15-22)17-34(27)16-21-9-5-4-6-10-21/h4-7,9-12,15,17,19,26H,8,13-14,16,18,30H2,1-3H3/t26-/m1/s1. The molecule has 0 aliphatic carbocycles. The molecule has 1 aromatic heterocycles. The minimum Gasteiger partial charge on any atom is -0.330 e. The lowest BCUT2D eigenvalue weighted by atomic mass is 9.99. The molecule has 0 saturated carbocycles. The Hall–Kier alpha value is -3.29. The fourth-order valence-corrected chi connectivity index (χ4v) is 4.74. The lowest BCUT2D eigenvalue weighted by Gasteiger charge is -2.34. The van der Waals surface area contributed by atoms with Crippen LogP contribution >= 0.6 is 11.6 Å². The zero-order chi connectivity index (χ0) is 25.7. The van der Waals surface area contributed by atoms with E-state index in [1.165, 1.54) is 0 Å². The summed E-state index contributed by atoms with van der Waals surface area (Å²) in [6, 6.07) is 17.7. The number of carbonyl (C=O) groups excluding carboxylic acids is 1. The van der Waals surface area contributed by atoms with Gasteiger partial charge in [-0.3, -0.25) is 14.8 Å². The third-order valence-electron chi connectivity index (χ3n) is 6.30. The zero-order valence-electron chi connectivity index (χ0n) is 21.1. The summed E-state index contributed by atoms with van der Waals surface area (Å²) in [6.07, 6.45) is 2.73. The number of nitrogens with two attached hydrogens (primary N) is 1. The maximum Gasteiger partial charge on any atom is 0.274 e. The third-order valence-corrected chi connectivity index (χ3v) is 6.54. The second-order valence-electron chi connectivity index (χ2n) is 9.33. The Morgan fingerprint density at radius 3 is 2.56 bits per heavy atom. The minimum atomic E-state index is -0.281. The Morgan fingerprint density at radius 2 is 1.92 bits per heavy atom. The number of hydrogen-bond acceptors (Lipinski definition) is 5. The van der Waals surface area contributed by atoms with Crippen molar-refractivity contribution in [3.63, 3.8) is 0 Å². The average Bonchev–Trinajstić information content (AvgIpc) is 3.48. The van der Waals surface area contributed by atoms with Crippen molar-refractivity contribution in [3.8, 4) is 11.3 Å². The smallest absolute Gasteiger partial charge is 0.274 e. The number of halogens is 1. The van der Waals surface area contributed by atoms with Crippen molar-refractivity contribution < 1.29 is 4.79 Å². The highest BCUT2D eigenvalue weighted by Crippen LogP contribution is 2.32.